The van der Waals surface area contributed by atoms with Crippen molar-refractivity contribution in [1.82, 2.24) is 0 Å². The minimum Gasteiger partial charge on any atom is -0.458 e. The Morgan fingerprint density at radius 3 is 1.93 bits per heavy atom. The predicted molar refractivity (Wildman–Crippen MR) is 175 cm³/mol. The first-order valence-electron chi connectivity index (χ1n) is 18.5. The minimum absolute atomic E-state index is 0.0184. The number of ether oxygens (including phenoxy) is 2. The third kappa shape index (κ3) is 7.02. The number of esters is 2. The van der Waals surface area contributed by atoms with E-state index < -0.39 is 5.60 Å². The van der Waals surface area contributed by atoms with Crippen LogP contribution in [0, 0.1) is 46.8 Å². The van der Waals surface area contributed by atoms with E-state index in [0.29, 0.717) is 36.5 Å². The lowest BCUT2D eigenvalue weighted by Crippen LogP contribution is -2.56. The highest BCUT2D eigenvalue weighted by Gasteiger charge is 2.68. The minimum atomic E-state index is -0.743. The molecular formula is C39H64O4. The van der Waals surface area contributed by atoms with Crippen LogP contribution in [0.1, 0.15) is 176 Å². The Morgan fingerprint density at radius 1 is 0.744 bits per heavy atom. The maximum Gasteiger partial charge on any atom is 0.307 e. The Balaban J connectivity index is 1.39. The molecule has 0 saturated heterocycles. The molecule has 0 aromatic heterocycles. The number of carbonyl (C=O) groups is 2. The monoisotopic (exact) mass is 596 g/mol. The highest BCUT2D eigenvalue weighted by molar-refractivity contribution is 5.70. The highest BCUT2D eigenvalue weighted by atomic mass is 16.6. The Kier molecular flexibility index (Phi) is 11.8. The van der Waals surface area contributed by atoms with Crippen molar-refractivity contribution >= 4 is 11.9 Å². The van der Waals surface area contributed by atoms with Crippen molar-refractivity contribution in [1.29, 1.82) is 0 Å². The number of hydrogen-bond acceptors (Lipinski definition) is 4. The summed E-state index contributed by atoms with van der Waals surface area (Å²) in [5.41, 5.74) is -0.919. The van der Waals surface area contributed by atoms with E-state index in [2.05, 4.69) is 26.7 Å². The molecule has 0 N–H and O–H groups in total. The lowest BCUT2D eigenvalue weighted by atomic mass is 9.47. The Morgan fingerprint density at radius 2 is 1.33 bits per heavy atom. The fraction of sp³-hybridized carbons (Fsp3) is 0.897. The molecule has 4 rings (SSSR count). The quantitative estimate of drug-likeness (QED) is 0.101. The van der Waals surface area contributed by atoms with Gasteiger partial charge in [-0.2, -0.15) is 0 Å². The topological polar surface area (TPSA) is 52.6 Å². The molecule has 8 atom stereocenters. The number of terminal acetylenes is 1. The van der Waals surface area contributed by atoms with Gasteiger partial charge in [-0.3, -0.25) is 9.59 Å². The average molecular weight is 597 g/mol. The number of hydrogen-bond donors (Lipinski definition) is 0. The summed E-state index contributed by atoms with van der Waals surface area (Å²) in [4.78, 5) is 25.3. The van der Waals surface area contributed by atoms with Gasteiger partial charge in [0.25, 0.3) is 0 Å². The van der Waals surface area contributed by atoms with Gasteiger partial charge in [-0.1, -0.05) is 105 Å². The molecule has 0 bridgehead atoms. The molecule has 4 fully saturated rings. The van der Waals surface area contributed by atoms with E-state index in [-0.39, 0.29) is 28.4 Å². The van der Waals surface area contributed by atoms with Gasteiger partial charge in [-0.05, 0) is 80.5 Å². The first-order valence-corrected chi connectivity index (χ1v) is 18.5. The van der Waals surface area contributed by atoms with Crippen LogP contribution in [0.4, 0.5) is 0 Å². The van der Waals surface area contributed by atoms with E-state index >= 15 is 0 Å². The predicted octanol–water partition coefficient (Wildman–Crippen LogP) is 10.4. The lowest BCUT2D eigenvalue weighted by molar-refractivity contribution is -0.189. The van der Waals surface area contributed by atoms with Crippen LogP contribution >= 0.6 is 0 Å². The molecule has 4 aliphatic rings. The van der Waals surface area contributed by atoms with Crippen molar-refractivity contribution in [2.45, 2.75) is 187 Å². The Bertz CT molecular complexity index is 982. The van der Waals surface area contributed by atoms with Gasteiger partial charge >= 0.3 is 11.9 Å². The SMILES string of the molecule is C#C[C@@]1(OC(=O)CC)C[C@@H]2CC[C@@H]3[C@H](CC[C@@]4(C)[C@H]3CC[C@]4(CCCCCCCCCCCCC)OC(=O)CC)[C@@]2(C)C1. The molecule has 0 spiro atoms. The van der Waals surface area contributed by atoms with Crippen molar-refractivity contribution in [3.63, 3.8) is 0 Å². The maximum absolute atomic E-state index is 12.9. The molecule has 4 nitrogen and oxygen atoms in total. The molecule has 43 heavy (non-hydrogen) atoms. The van der Waals surface area contributed by atoms with Crippen LogP contribution in [-0.4, -0.2) is 23.1 Å². The molecule has 0 aromatic rings. The second kappa shape index (κ2) is 14.7. The zero-order valence-electron chi connectivity index (χ0n) is 28.6. The van der Waals surface area contributed by atoms with Crippen molar-refractivity contribution in [2.24, 2.45) is 34.5 Å². The van der Waals surface area contributed by atoms with Crippen LogP contribution in [-0.2, 0) is 19.1 Å². The Labute approximate surface area is 264 Å². The second-order valence-electron chi connectivity index (χ2n) is 15.6. The van der Waals surface area contributed by atoms with Crippen LogP contribution in [0.2, 0.25) is 0 Å². The molecule has 4 aliphatic carbocycles. The van der Waals surface area contributed by atoms with Gasteiger partial charge in [0.05, 0.1) is 0 Å². The van der Waals surface area contributed by atoms with Gasteiger partial charge in [0, 0.05) is 31.1 Å². The molecule has 244 valence electrons. The maximum atomic E-state index is 12.9. The van der Waals surface area contributed by atoms with E-state index in [1.807, 2.05) is 13.8 Å². The fourth-order valence-electron chi connectivity index (χ4n) is 10.8. The van der Waals surface area contributed by atoms with E-state index in [4.69, 9.17) is 15.9 Å². The van der Waals surface area contributed by atoms with E-state index in [0.717, 1.165) is 51.4 Å². The molecular weight excluding hydrogens is 532 g/mol. The van der Waals surface area contributed by atoms with Crippen LogP contribution in [0.25, 0.3) is 0 Å². The number of fused-ring (bicyclic) bond motifs is 5. The largest absolute Gasteiger partial charge is 0.458 e. The molecule has 4 saturated carbocycles. The first-order chi connectivity index (χ1) is 20.6. The standard InChI is InChI=1S/C39H64O4/c1-7-11-12-13-14-15-16-17-18-19-20-25-39(43-35(41)9-3)27-24-33-31-22-21-30-28-38(10-4,42-34(40)8-2)29-36(30,5)32(31)23-26-37(33,39)6/h4,30-33H,7-9,11-29H2,1-3,5-6H3/t30-,31+,32-,33-,36-,37-,38+,39-/m0/s1. The van der Waals surface area contributed by atoms with Gasteiger partial charge in [0.15, 0.2) is 5.60 Å². The fourth-order valence-corrected chi connectivity index (χ4v) is 10.8. The van der Waals surface area contributed by atoms with Gasteiger partial charge in [-0.25, -0.2) is 0 Å². The zero-order chi connectivity index (χ0) is 31.1. The summed E-state index contributed by atoms with van der Waals surface area (Å²) in [7, 11) is 0. The molecule has 0 aliphatic heterocycles. The summed E-state index contributed by atoms with van der Waals surface area (Å²) in [6.45, 7) is 11.0. The normalized spacial score (nSPS) is 38.0. The molecule has 0 aromatic carbocycles. The summed E-state index contributed by atoms with van der Waals surface area (Å²) in [6, 6.07) is 0. The first kappa shape index (κ1) is 34.4. The summed E-state index contributed by atoms with van der Waals surface area (Å²) in [5, 5.41) is 0. The number of unbranched alkanes of at least 4 members (excludes halogenated alkanes) is 10. The van der Waals surface area contributed by atoms with E-state index in [1.165, 1.54) is 77.0 Å². The van der Waals surface area contributed by atoms with Gasteiger partial charge in [0.2, 0.25) is 0 Å². The third-order valence-electron chi connectivity index (χ3n) is 13.2. The van der Waals surface area contributed by atoms with Gasteiger partial charge in [0.1, 0.15) is 5.60 Å². The van der Waals surface area contributed by atoms with Gasteiger partial charge in [-0.15, -0.1) is 6.42 Å². The van der Waals surface area contributed by atoms with Crippen LogP contribution in [0.3, 0.4) is 0 Å². The Hall–Kier alpha value is -1.50. The van der Waals surface area contributed by atoms with E-state index in [1.54, 1.807) is 0 Å². The van der Waals surface area contributed by atoms with Crippen LogP contribution in [0.5, 0.6) is 0 Å². The molecule has 4 heteroatoms. The van der Waals surface area contributed by atoms with Crippen LogP contribution in [0.15, 0.2) is 0 Å². The summed E-state index contributed by atoms with van der Waals surface area (Å²) < 4.78 is 12.6. The van der Waals surface area contributed by atoms with Crippen molar-refractivity contribution in [3.05, 3.63) is 0 Å². The number of rotatable bonds is 16. The average Bonchev–Trinajstić information content (AvgIpc) is 3.46. The summed E-state index contributed by atoms with van der Waals surface area (Å²) in [6.07, 6.45) is 31.1. The third-order valence-corrected chi connectivity index (χ3v) is 13.2. The van der Waals surface area contributed by atoms with Crippen molar-refractivity contribution in [2.75, 3.05) is 0 Å². The molecule has 0 heterocycles. The van der Waals surface area contributed by atoms with E-state index in [9.17, 15) is 9.59 Å². The molecule has 0 radical (unpaired) electrons. The van der Waals surface area contributed by atoms with Crippen molar-refractivity contribution in [3.8, 4) is 12.3 Å². The number of carbonyl (C=O) groups excluding carboxylic acids is 2. The van der Waals surface area contributed by atoms with Crippen LogP contribution < -0.4 is 0 Å². The smallest absolute Gasteiger partial charge is 0.307 e. The lowest BCUT2D eigenvalue weighted by Gasteiger charge is -2.59. The zero-order valence-corrected chi connectivity index (χ0v) is 28.6. The molecule has 0 unspecified atom stereocenters. The second-order valence-corrected chi connectivity index (χ2v) is 15.6. The summed E-state index contributed by atoms with van der Waals surface area (Å²) >= 11 is 0. The van der Waals surface area contributed by atoms with Gasteiger partial charge < -0.3 is 9.47 Å². The molecule has 0 amide bonds. The highest BCUT2D eigenvalue weighted by Crippen LogP contribution is 2.71. The van der Waals surface area contributed by atoms with Crippen molar-refractivity contribution < 1.29 is 19.1 Å². The summed E-state index contributed by atoms with van der Waals surface area (Å²) in [5.74, 6) is 5.11.